The summed E-state index contributed by atoms with van der Waals surface area (Å²) < 4.78 is 1.71. The molecule has 1 aromatic heterocycles. The van der Waals surface area contributed by atoms with E-state index in [-0.39, 0.29) is 5.91 Å². The van der Waals surface area contributed by atoms with Crippen molar-refractivity contribution in [1.82, 2.24) is 25.4 Å². The number of hydrogen-bond acceptors (Lipinski definition) is 6. The summed E-state index contributed by atoms with van der Waals surface area (Å²) in [6.45, 7) is 2.95. The van der Waals surface area contributed by atoms with Gasteiger partial charge in [0.05, 0.1) is 11.6 Å². The van der Waals surface area contributed by atoms with Crippen LogP contribution >= 0.6 is 0 Å². The third kappa shape index (κ3) is 6.14. The smallest absolute Gasteiger partial charge is 0.300 e. The largest absolute Gasteiger partial charge is 0.481 e. The van der Waals surface area contributed by atoms with Crippen LogP contribution in [0, 0.1) is 0 Å². The zero-order chi connectivity index (χ0) is 20.4. The Balaban J connectivity index is 0.000000640. The summed E-state index contributed by atoms with van der Waals surface area (Å²) in [6.07, 6.45) is 4.18. The number of hydrogen-bond donors (Lipinski definition) is 4. The quantitative estimate of drug-likeness (QED) is 0.567. The molecular weight excluding hydrogens is 362 g/mol. The number of aromatic nitrogens is 3. The standard InChI is InChI=1S/C17H23N5O2.C2H4O2/c23-15-11-18-9-8-17(15,14-5-2-1-3-6-14)21-16(24)7-4-10-22-13-19-12-20-22;1-2(3)4/h1-3,5-6,12-13,15,18,23H,4,7-11H2,(H,21,24);1H3,(H,3,4)/t15-,17+;/m1./s1. The predicted molar refractivity (Wildman–Crippen MR) is 102 cm³/mol. The monoisotopic (exact) mass is 389 g/mol. The molecule has 1 aliphatic heterocycles. The number of β-amino-alcohol motifs (C(OH)–C–C–N with tert-alkyl or cyclic N) is 1. The second kappa shape index (κ2) is 10.5. The van der Waals surface area contributed by atoms with E-state index in [9.17, 15) is 9.90 Å². The molecule has 3 rings (SSSR count). The molecule has 0 bridgehead atoms. The molecular formula is C19H27N5O4. The number of aliphatic carboxylic acids is 1. The van der Waals surface area contributed by atoms with E-state index < -0.39 is 17.6 Å². The van der Waals surface area contributed by atoms with Gasteiger partial charge in [-0.15, -0.1) is 0 Å². The Labute approximate surface area is 163 Å². The van der Waals surface area contributed by atoms with E-state index in [2.05, 4.69) is 20.7 Å². The minimum Gasteiger partial charge on any atom is -0.481 e. The van der Waals surface area contributed by atoms with Crippen molar-refractivity contribution in [1.29, 1.82) is 0 Å². The lowest BCUT2D eigenvalue weighted by Gasteiger charge is -2.43. The minimum absolute atomic E-state index is 0.0556. The van der Waals surface area contributed by atoms with Crippen molar-refractivity contribution in [2.45, 2.75) is 44.4 Å². The van der Waals surface area contributed by atoms with Crippen LogP contribution in [-0.4, -0.2) is 56.0 Å². The highest BCUT2D eigenvalue weighted by atomic mass is 16.4. The van der Waals surface area contributed by atoms with Crippen LogP contribution in [0.3, 0.4) is 0 Å². The summed E-state index contributed by atoms with van der Waals surface area (Å²) in [4.78, 5) is 25.4. The lowest BCUT2D eigenvalue weighted by atomic mass is 9.79. The molecule has 2 aromatic rings. The molecule has 9 heteroatoms. The molecule has 2 atom stereocenters. The normalized spacial score (nSPS) is 21.3. The third-order valence-electron chi connectivity index (χ3n) is 4.51. The Morgan fingerprint density at radius 2 is 2.07 bits per heavy atom. The molecule has 0 radical (unpaired) electrons. The van der Waals surface area contributed by atoms with Crippen LogP contribution in [-0.2, 0) is 21.7 Å². The maximum Gasteiger partial charge on any atom is 0.300 e. The first kappa shape index (κ1) is 21.5. The molecule has 1 amide bonds. The number of nitrogens with zero attached hydrogens (tertiary/aromatic N) is 3. The van der Waals surface area contributed by atoms with E-state index in [4.69, 9.17) is 9.90 Å². The van der Waals surface area contributed by atoms with Gasteiger partial charge < -0.3 is 20.8 Å². The summed E-state index contributed by atoms with van der Waals surface area (Å²) in [5.41, 5.74) is 0.222. The zero-order valence-corrected chi connectivity index (χ0v) is 15.9. The van der Waals surface area contributed by atoms with Gasteiger partial charge in [-0.3, -0.25) is 14.3 Å². The van der Waals surface area contributed by atoms with E-state index in [1.54, 1.807) is 11.0 Å². The molecule has 152 valence electrons. The highest BCUT2D eigenvalue weighted by Crippen LogP contribution is 2.31. The van der Waals surface area contributed by atoms with Gasteiger partial charge in [0.25, 0.3) is 5.97 Å². The number of piperidine rings is 1. The van der Waals surface area contributed by atoms with Crippen LogP contribution in [0.5, 0.6) is 0 Å². The van der Waals surface area contributed by atoms with Gasteiger partial charge in [0, 0.05) is 26.4 Å². The van der Waals surface area contributed by atoms with E-state index in [1.807, 2.05) is 30.3 Å². The van der Waals surface area contributed by atoms with E-state index in [0.717, 1.165) is 19.0 Å². The summed E-state index contributed by atoms with van der Waals surface area (Å²) in [5.74, 6) is -0.889. The summed E-state index contributed by atoms with van der Waals surface area (Å²) in [6, 6.07) is 9.73. The van der Waals surface area contributed by atoms with Crippen LogP contribution in [0.25, 0.3) is 0 Å². The van der Waals surface area contributed by atoms with Gasteiger partial charge in [-0.2, -0.15) is 5.10 Å². The van der Waals surface area contributed by atoms with Gasteiger partial charge in [-0.1, -0.05) is 30.3 Å². The SMILES string of the molecule is CC(=O)O.O=C(CCCn1cncn1)N[C@]1(c2ccccc2)CCNC[C@H]1O. The molecule has 1 aromatic carbocycles. The number of carbonyl (C=O) groups is 2. The van der Waals surface area contributed by atoms with Crippen molar-refractivity contribution in [3.8, 4) is 0 Å². The number of aliphatic hydroxyl groups excluding tert-OH is 1. The van der Waals surface area contributed by atoms with Crippen molar-refractivity contribution in [2.75, 3.05) is 13.1 Å². The summed E-state index contributed by atoms with van der Waals surface area (Å²) in [5, 5.41) is 28.3. The molecule has 1 fully saturated rings. The fourth-order valence-electron chi connectivity index (χ4n) is 3.22. The first-order chi connectivity index (χ1) is 13.4. The Morgan fingerprint density at radius 3 is 2.68 bits per heavy atom. The molecule has 0 unspecified atom stereocenters. The number of amides is 1. The van der Waals surface area contributed by atoms with E-state index >= 15 is 0 Å². The van der Waals surface area contributed by atoms with Gasteiger partial charge in [-0.05, 0) is 24.9 Å². The van der Waals surface area contributed by atoms with Gasteiger partial charge >= 0.3 is 0 Å². The van der Waals surface area contributed by atoms with E-state index in [1.165, 1.54) is 6.33 Å². The van der Waals surface area contributed by atoms with Crippen molar-refractivity contribution >= 4 is 11.9 Å². The Bertz CT molecular complexity index is 734. The van der Waals surface area contributed by atoms with Crippen molar-refractivity contribution in [3.63, 3.8) is 0 Å². The van der Waals surface area contributed by atoms with Crippen LogP contribution in [0.2, 0.25) is 0 Å². The van der Waals surface area contributed by atoms with Crippen LogP contribution < -0.4 is 10.6 Å². The van der Waals surface area contributed by atoms with Crippen molar-refractivity contribution < 1.29 is 19.8 Å². The van der Waals surface area contributed by atoms with Crippen molar-refractivity contribution in [3.05, 3.63) is 48.5 Å². The summed E-state index contributed by atoms with van der Waals surface area (Å²) >= 11 is 0. The van der Waals surface area contributed by atoms with Crippen LogP contribution in [0.15, 0.2) is 43.0 Å². The average molecular weight is 389 g/mol. The number of nitrogens with one attached hydrogen (secondary N) is 2. The van der Waals surface area contributed by atoms with Gasteiger partial charge in [0.1, 0.15) is 12.7 Å². The lowest BCUT2D eigenvalue weighted by Crippen LogP contribution is -2.61. The van der Waals surface area contributed by atoms with Gasteiger partial charge in [0.15, 0.2) is 0 Å². The first-order valence-electron chi connectivity index (χ1n) is 9.21. The Kier molecular flexibility index (Phi) is 8.09. The average Bonchev–Trinajstić information content (AvgIpc) is 3.17. The maximum atomic E-state index is 12.5. The van der Waals surface area contributed by atoms with Crippen molar-refractivity contribution in [2.24, 2.45) is 0 Å². The minimum atomic E-state index is -0.833. The molecule has 4 N–H and O–H groups in total. The highest BCUT2D eigenvalue weighted by molar-refractivity contribution is 5.77. The number of benzene rings is 1. The molecule has 9 nitrogen and oxygen atoms in total. The lowest BCUT2D eigenvalue weighted by molar-refractivity contribution is -0.134. The topological polar surface area (TPSA) is 129 Å². The van der Waals surface area contributed by atoms with E-state index in [0.29, 0.717) is 32.4 Å². The number of aryl methyl sites for hydroxylation is 1. The number of carboxylic acids is 1. The fraction of sp³-hybridized carbons (Fsp3) is 0.474. The zero-order valence-electron chi connectivity index (χ0n) is 15.9. The molecule has 0 saturated carbocycles. The van der Waals surface area contributed by atoms with Crippen LogP contribution in [0.4, 0.5) is 0 Å². The molecule has 1 saturated heterocycles. The van der Waals surface area contributed by atoms with Gasteiger partial charge in [0.2, 0.25) is 5.91 Å². The number of carboxylic acid groups (broad SMARTS) is 1. The third-order valence-corrected chi connectivity index (χ3v) is 4.51. The second-order valence-corrected chi connectivity index (χ2v) is 6.64. The van der Waals surface area contributed by atoms with Gasteiger partial charge in [-0.25, -0.2) is 4.98 Å². The number of aliphatic hydroxyl groups is 1. The first-order valence-corrected chi connectivity index (χ1v) is 9.21. The fourth-order valence-corrected chi connectivity index (χ4v) is 3.22. The molecule has 2 heterocycles. The highest BCUT2D eigenvalue weighted by Gasteiger charge is 2.42. The molecule has 0 aliphatic carbocycles. The molecule has 1 aliphatic rings. The second-order valence-electron chi connectivity index (χ2n) is 6.64. The van der Waals surface area contributed by atoms with Crippen LogP contribution in [0.1, 0.15) is 31.7 Å². The Hall–Kier alpha value is -2.78. The summed E-state index contributed by atoms with van der Waals surface area (Å²) in [7, 11) is 0. The molecule has 28 heavy (non-hydrogen) atoms. The Morgan fingerprint density at radius 1 is 1.36 bits per heavy atom. The number of rotatable bonds is 6. The maximum absolute atomic E-state index is 12.5. The predicted octanol–water partition coefficient (Wildman–Crippen LogP) is 0.515. The number of carbonyl (C=O) groups excluding carboxylic acids is 1. The molecule has 0 spiro atoms.